The van der Waals surface area contributed by atoms with Crippen LogP contribution in [0.15, 0.2) is 48.7 Å². The number of carbonyl (C=O) groups is 1. The number of methoxy groups -OCH3 is 1. The normalized spacial score (nSPS) is 15.3. The Morgan fingerprint density at radius 3 is 2.74 bits per heavy atom. The Balaban J connectivity index is 1.42. The van der Waals surface area contributed by atoms with Crippen LogP contribution in [0, 0.1) is 5.82 Å². The van der Waals surface area contributed by atoms with Crippen LogP contribution in [-0.4, -0.2) is 50.6 Å². The zero-order chi connectivity index (χ0) is 18.8. The summed E-state index contributed by atoms with van der Waals surface area (Å²) in [6.45, 7) is 3.54. The molecule has 2 heterocycles. The lowest BCUT2D eigenvalue weighted by atomic mass is 10.1. The van der Waals surface area contributed by atoms with E-state index in [-0.39, 0.29) is 11.6 Å². The van der Waals surface area contributed by atoms with Gasteiger partial charge in [0.25, 0.3) is 0 Å². The minimum absolute atomic E-state index is 0.115. The first kappa shape index (κ1) is 17.5. The van der Waals surface area contributed by atoms with Crippen molar-refractivity contribution >= 4 is 22.4 Å². The highest BCUT2D eigenvalue weighted by molar-refractivity contribution is 6.08. The molecule has 2 N–H and O–H groups in total. The summed E-state index contributed by atoms with van der Waals surface area (Å²) in [5.41, 5.74) is 2.28. The highest BCUT2D eigenvalue weighted by Crippen LogP contribution is 2.23. The molecule has 0 amide bonds. The van der Waals surface area contributed by atoms with Crippen molar-refractivity contribution in [1.82, 2.24) is 4.98 Å². The van der Waals surface area contributed by atoms with E-state index in [1.165, 1.54) is 11.0 Å². The number of piperazine rings is 1. The van der Waals surface area contributed by atoms with Crippen molar-refractivity contribution in [3.63, 3.8) is 0 Å². The van der Waals surface area contributed by atoms with Gasteiger partial charge < -0.3 is 19.5 Å². The van der Waals surface area contributed by atoms with Gasteiger partial charge in [0, 0.05) is 22.7 Å². The summed E-state index contributed by atoms with van der Waals surface area (Å²) in [4.78, 5) is 19.3. The fraction of sp³-hybridized carbons (Fsp3) is 0.286. The minimum atomic E-state index is -0.190. The number of anilines is 1. The third-order valence-corrected chi connectivity index (χ3v) is 5.26. The Morgan fingerprint density at radius 1 is 1.22 bits per heavy atom. The zero-order valence-electron chi connectivity index (χ0n) is 15.3. The van der Waals surface area contributed by atoms with Crippen LogP contribution in [0.5, 0.6) is 5.75 Å². The van der Waals surface area contributed by atoms with Crippen LogP contribution in [-0.2, 0) is 0 Å². The number of nitrogens with one attached hydrogen (secondary N) is 2. The molecule has 0 atom stereocenters. The van der Waals surface area contributed by atoms with E-state index in [2.05, 4.69) is 9.88 Å². The molecule has 6 heteroatoms. The maximum absolute atomic E-state index is 14.0. The monoisotopic (exact) mass is 368 g/mol. The molecule has 3 aromatic rings. The second-order valence-electron chi connectivity index (χ2n) is 6.90. The number of nitrogens with zero attached hydrogens (tertiary/aromatic N) is 1. The number of benzene rings is 2. The van der Waals surface area contributed by atoms with Crippen molar-refractivity contribution in [2.75, 3.05) is 44.7 Å². The lowest BCUT2D eigenvalue weighted by Gasteiger charge is -2.33. The topological polar surface area (TPSA) is 49.8 Å². The Hall–Kier alpha value is -2.86. The van der Waals surface area contributed by atoms with E-state index >= 15 is 0 Å². The van der Waals surface area contributed by atoms with Gasteiger partial charge in [0.2, 0.25) is 5.78 Å². The van der Waals surface area contributed by atoms with Crippen LogP contribution >= 0.6 is 0 Å². The van der Waals surface area contributed by atoms with Crippen molar-refractivity contribution in [3.05, 3.63) is 60.0 Å². The number of aromatic nitrogens is 1. The number of ether oxygens (including phenoxy) is 1. The van der Waals surface area contributed by atoms with E-state index in [1.807, 2.05) is 30.3 Å². The van der Waals surface area contributed by atoms with E-state index in [0.29, 0.717) is 17.8 Å². The Labute approximate surface area is 157 Å². The molecule has 0 spiro atoms. The van der Waals surface area contributed by atoms with Crippen molar-refractivity contribution in [3.8, 4) is 5.75 Å². The average Bonchev–Trinajstić information content (AvgIpc) is 3.12. The van der Waals surface area contributed by atoms with Crippen molar-refractivity contribution < 1.29 is 18.8 Å². The second-order valence-corrected chi connectivity index (χ2v) is 6.90. The summed E-state index contributed by atoms with van der Waals surface area (Å²) in [6.07, 6.45) is 1.78. The summed E-state index contributed by atoms with van der Waals surface area (Å²) >= 11 is 0. The standard InChI is InChI=1S/C21H22FN3O2/c1-27-15-6-7-19-16(12-15)17(13-23-19)21(26)14-24-8-10-25(11-9-24)20-5-3-2-4-18(20)22/h2-7,12-13,23H,8-11,14H2,1H3/p+1. The Bertz CT molecular complexity index is 961. The van der Waals surface area contributed by atoms with E-state index in [1.54, 1.807) is 19.4 Å². The molecule has 4 rings (SSSR count). The highest BCUT2D eigenvalue weighted by atomic mass is 19.1. The van der Waals surface area contributed by atoms with Crippen LogP contribution < -0.4 is 14.5 Å². The predicted molar refractivity (Wildman–Crippen MR) is 103 cm³/mol. The first-order valence-corrected chi connectivity index (χ1v) is 9.17. The number of H-pyrrole nitrogens is 1. The number of hydrogen-bond acceptors (Lipinski definition) is 3. The fourth-order valence-electron chi connectivity index (χ4n) is 3.73. The van der Waals surface area contributed by atoms with Gasteiger partial charge in [0.05, 0.1) is 39.0 Å². The van der Waals surface area contributed by atoms with Gasteiger partial charge in [-0.15, -0.1) is 0 Å². The number of Topliss-reactive ketones (excluding diaryl/α,β-unsaturated/α-hetero) is 1. The Kier molecular flexibility index (Phi) is 4.81. The number of fused-ring (bicyclic) bond motifs is 1. The van der Waals surface area contributed by atoms with E-state index in [9.17, 15) is 9.18 Å². The molecule has 1 aliphatic rings. The molecule has 1 fully saturated rings. The van der Waals surface area contributed by atoms with E-state index in [4.69, 9.17) is 4.74 Å². The molecule has 0 bridgehead atoms. The molecular formula is C21H23FN3O2+. The molecule has 1 aliphatic heterocycles. The van der Waals surface area contributed by atoms with Gasteiger partial charge in [-0.2, -0.15) is 0 Å². The largest absolute Gasteiger partial charge is 0.497 e. The first-order chi connectivity index (χ1) is 13.2. The molecule has 140 valence electrons. The number of hydrogen-bond donors (Lipinski definition) is 2. The number of para-hydroxylation sites is 1. The molecule has 2 aromatic carbocycles. The third kappa shape index (κ3) is 3.53. The molecule has 0 radical (unpaired) electrons. The number of aromatic amines is 1. The first-order valence-electron chi connectivity index (χ1n) is 9.17. The molecule has 0 saturated carbocycles. The van der Waals surface area contributed by atoms with Crippen LogP contribution in [0.25, 0.3) is 10.9 Å². The second kappa shape index (κ2) is 7.40. The summed E-state index contributed by atoms with van der Waals surface area (Å²) in [5, 5.41) is 0.892. The van der Waals surface area contributed by atoms with Gasteiger partial charge >= 0.3 is 0 Å². The van der Waals surface area contributed by atoms with Crippen LogP contribution in [0.3, 0.4) is 0 Å². The molecule has 0 unspecified atom stereocenters. The number of rotatable bonds is 5. The van der Waals surface area contributed by atoms with Crippen molar-refractivity contribution in [2.45, 2.75) is 0 Å². The molecular weight excluding hydrogens is 345 g/mol. The van der Waals surface area contributed by atoms with E-state index in [0.717, 1.165) is 42.8 Å². The van der Waals surface area contributed by atoms with E-state index < -0.39 is 0 Å². The molecule has 5 nitrogen and oxygen atoms in total. The maximum atomic E-state index is 14.0. The smallest absolute Gasteiger partial charge is 0.219 e. The van der Waals surface area contributed by atoms with Gasteiger partial charge in [-0.3, -0.25) is 4.79 Å². The maximum Gasteiger partial charge on any atom is 0.219 e. The summed E-state index contributed by atoms with van der Waals surface area (Å²) in [6, 6.07) is 12.5. The predicted octanol–water partition coefficient (Wildman–Crippen LogP) is 1.90. The summed E-state index contributed by atoms with van der Waals surface area (Å²) < 4.78 is 19.2. The molecule has 27 heavy (non-hydrogen) atoms. The highest BCUT2D eigenvalue weighted by Gasteiger charge is 2.25. The average molecular weight is 368 g/mol. The molecule has 1 saturated heterocycles. The number of carbonyl (C=O) groups excluding carboxylic acids is 1. The van der Waals surface area contributed by atoms with Gasteiger partial charge in [0.15, 0.2) is 0 Å². The lowest BCUT2D eigenvalue weighted by Crippen LogP contribution is -3.15. The van der Waals surface area contributed by atoms with Crippen molar-refractivity contribution in [1.29, 1.82) is 0 Å². The summed E-state index contributed by atoms with van der Waals surface area (Å²) in [7, 11) is 1.62. The van der Waals surface area contributed by atoms with Gasteiger partial charge in [-0.05, 0) is 30.3 Å². The van der Waals surface area contributed by atoms with Crippen LogP contribution in [0.2, 0.25) is 0 Å². The zero-order valence-corrected chi connectivity index (χ0v) is 15.3. The fourth-order valence-corrected chi connectivity index (χ4v) is 3.73. The lowest BCUT2D eigenvalue weighted by molar-refractivity contribution is -0.892. The number of halogens is 1. The number of quaternary nitrogens is 1. The Morgan fingerprint density at radius 2 is 2.00 bits per heavy atom. The van der Waals surface area contributed by atoms with Gasteiger partial charge in [-0.1, -0.05) is 12.1 Å². The molecule has 1 aromatic heterocycles. The SMILES string of the molecule is COc1ccc2[nH]cc(C(=O)C[NH+]3CCN(c4ccccc4F)CC3)c2c1. The van der Waals surface area contributed by atoms with Gasteiger partial charge in [0.1, 0.15) is 18.1 Å². The van der Waals surface area contributed by atoms with Crippen LogP contribution in [0.1, 0.15) is 10.4 Å². The van der Waals surface area contributed by atoms with Gasteiger partial charge in [-0.25, -0.2) is 4.39 Å². The van der Waals surface area contributed by atoms with Crippen LogP contribution in [0.4, 0.5) is 10.1 Å². The summed E-state index contributed by atoms with van der Waals surface area (Å²) in [5.74, 6) is 0.663. The quantitative estimate of drug-likeness (QED) is 0.677. The third-order valence-electron chi connectivity index (χ3n) is 5.26. The minimum Gasteiger partial charge on any atom is -0.497 e. The molecule has 0 aliphatic carbocycles. The van der Waals surface area contributed by atoms with Crippen molar-refractivity contribution in [2.24, 2.45) is 0 Å². The number of ketones is 1.